The zero-order valence-electron chi connectivity index (χ0n) is 19.9. The molecule has 0 aliphatic carbocycles. The van der Waals surface area contributed by atoms with Crippen molar-refractivity contribution >= 4 is 34.8 Å². The van der Waals surface area contributed by atoms with Crippen molar-refractivity contribution in [2.24, 2.45) is 5.10 Å². The van der Waals surface area contributed by atoms with Gasteiger partial charge in [-0.25, -0.2) is 5.01 Å². The maximum absolute atomic E-state index is 13.1. The molecule has 1 atom stereocenters. The van der Waals surface area contributed by atoms with Gasteiger partial charge in [0.1, 0.15) is 6.54 Å². The molecular formula is C25H29N3O6S. The topological polar surface area (TPSA) is 97.7 Å². The largest absolute Gasteiger partial charge is 0.493 e. The molecule has 0 spiro atoms. The summed E-state index contributed by atoms with van der Waals surface area (Å²) in [5.74, 6) is 0.0489. The molecule has 0 radical (unpaired) electrons. The number of hydrogen-bond donors (Lipinski definition) is 0. The van der Waals surface area contributed by atoms with Crippen LogP contribution in [0.15, 0.2) is 40.8 Å². The highest BCUT2D eigenvalue weighted by Gasteiger charge is 2.34. The van der Waals surface area contributed by atoms with Crippen LogP contribution in [0, 0.1) is 0 Å². The Morgan fingerprint density at radius 3 is 2.69 bits per heavy atom. The number of likely N-dealkylation sites (tertiary alicyclic amines) is 1. The van der Waals surface area contributed by atoms with Gasteiger partial charge in [-0.15, -0.1) is 11.3 Å². The Bertz CT molecular complexity index is 1100. The Balaban J connectivity index is 1.47. The Labute approximate surface area is 208 Å². The van der Waals surface area contributed by atoms with E-state index in [4.69, 9.17) is 14.2 Å². The molecule has 9 nitrogen and oxygen atoms in total. The molecule has 1 saturated heterocycles. The van der Waals surface area contributed by atoms with Crippen LogP contribution in [0.25, 0.3) is 0 Å². The molecule has 0 N–H and O–H groups in total. The highest BCUT2D eigenvalue weighted by molar-refractivity contribution is 7.12. The SMILES string of the molecule is COc1ccc([C@H]2CC(c3cccs3)=NN2C(=O)COC(=O)CN2CCCCCC2=O)cc1OC. The van der Waals surface area contributed by atoms with Crippen molar-refractivity contribution in [1.82, 2.24) is 9.91 Å². The van der Waals surface area contributed by atoms with E-state index < -0.39 is 18.5 Å². The number of esters is 1. The molecule has 0 bridgehead atoms. The number of nitrogens with zero attached hydrogens (tertiary/aromatic N) is 3. The predicted octanol–water partition coefficient (Wildman–Crippen LogP) is 3.39. The summed E-state index contributed by atoms with van der Waals surface area (Å²) in [6.07, 6.45) is 3.61. The van der Waals surface area contributed by atoms with Gasteiger partial charge in [-0.2, -0.15) is 5.10 Å². The average molecular weight is 500 g/mol. The summed E-state index contributed by atoms with van der Waals surface area (Å²) in [7, 11) is 3.12. The third-order valence-electron chi connectivity index (χ3n) is 6.11. The van der Waals surface area contributed by atoms with Crippen molar-refractivity contribution in [3.63, 3.8) is 0 Å². The molecule has 0 saturated carbocycles. The zero-order chi connectivity index (χ0) is 24.8. The van der Waals surface area contributed by atoms with E-state index in [0.29, 0.717) is 30.9 Å². The number of benzene rings is 1. The second-order valence-electron chi connectivity index (χ2n) is 8.38. The second kappa shape index (κ2) is 11.4. The van der Waals surface area contributed by atoms with Gasteiger partial charge in [0.25, 0.3) is 5.91 Å². The normalized spacial score (nSPS) is 18.2. The number of carbonyl (C=O) groups is 3. The standard InChI is InChI=1S/C25H29N3O6S/c1-32-20-10-9-17(13-21(20)33-2)19-14-18(22-7-6-12-35-22)26-28(19)24(30)16-34-25(31)15-27-11-5-3-4-8-23(27)29/h6-7,9-10,12-13,19H,3-5,8,11,14-16H2,1-2H3/t19-/m1/s1. The number of hydrazone groups is 1. The zero-order valence-corrected chi connectivity index (χ0v) is 20.7. The first-order valence-corrected chi connectivity index (χ1v) is 12.5. The van der Waals surface area contributed by atoms with Crippen LogP contribution in [0.3, 0.4) is 0 Å². The molecule has 2 amide bonds. The Morgan fingerprint density at radius 2 is 1.94 bits per heavy atom. The minimum absolute atomic E-state index is 0.0518. The van der Waals surface area contributed by atoms with Gasteiger partial charge in [0.15, 0.2) is 18.1 Å². The molecular weight excluding hydrogens is 470 g/mol. The smallest absolute Gasteiger partial charge is 0.326 e. The maximum Gasteiger partial charge on any atom is 0.326 e. The first-order chi connectivity index (χ1) is 17.0. The van der Waals surface area contributed by atoms with E-state index in [9.17, 15) is 14.4 Å². The lowest BCUT2D eigenvalue weighted by Gasteiger charge is -2.23. The van der Waals surface area contributed by atoms with Crippen molar-refractivity contribution in [3.8, 4) is 11.5 Å². The molecule has 0 unspecified atom stereocenters. The molecule has 1 aromatic heterocycles. The van der Waals surface area contributed by atoms with Crippen molar-refractivity contribution in [2.45, 2.75) is 38.1 Å². The fourth-order valence-corrected chi connectivity index (χ4v) is 4.99. The van der Waals surface area contributed by atoms with Crippen LogP contribution in [0.4, 0.5) is 0 Å². The van der Waals surface area contributed by atoms with Crippen molar-refractivity contribution in [3.05, 3.63) is 46.2 Å². The predicted molar refractivity (Wildman–Crippen MR) is 131 cm³/mol. The van der Waals surface area contributed by atoms with E-state index >= 15 is 0 Å². The van der Waals surface area contributed by atoms with Gasteiger partial charge in [-0.1, -0.05) is 18.6 Å². The molecule has 1 fully saturated rings. The summed E-state index contributed by atoms with van der Waals surface area (Å²) in [4.78, 5) is 40.2. The summed E-state index contributed by atoms with van der Waals surface area (Å²) in [5.41, 5.74) is 1.61. The lowest BCUT2D eigenvalue weighted by Crippen LogP contribution is -2.37. The molecule has 2 aliphatic rings. The maximum atomic E-state index is 13.1. The molecule has 4 rings (SSSR count). The van der Waals surface area contributed by atoms with Gasteiger partial charge in [0.2, 0.25) is 5.91 Å². The number of methoxy groups -OCH3 is 2. The van der Waals surface area contributed by atoms with Crippen molar-refractivity contribution < 1.29 is 28.6 Å². The van der Waals surface area contributed by atoms with Crippen LogP contribution in [0.2, 0.25) is 0 Å². The highest BCUT2D eigenvalue weighted by atomic mass is 32.1. The summed E-state index contributed by atoms with van der Waals surface area (Å²) < 4.78 is 16.0. The molecule has 3 heterocycles. The van der Waals surface area contributed by atoms with E-state index in [-0.39, 0.29) is 18.5 Å². The van der Waals surface area contributed by atoms with Crippen LogP contribution in [0.5, 0.6) is 11.5 Å². The summed E-state index contributed by atoms with van der Waals surface area (Å²) >= 11 is 1.55. The van der Waals surface area contributed by atoms with Crippen LogP contribution in [-0.4, -0.2) is 67.3 Å². The lowest BCUT2D eigenvalue weighted by molar-refractivity contribution is -0.155. The summed E-state index contributed by atoms with van der Waals surface area (Å²) in [5, 5.41) is 7.92. The van der Waals surface area contributed by atoms with E-state index in [1.807, 2.05) is 29.6 Å². The number of ether oxygens (including phenoxy) is 3. The van der Waals surface area contributed by atoms with Gasteiger partial charge in [-0.3, -0.25) is 14.4 Å². The summed E-state index contributed by atoms with van der Waals surface area (Å²) in [6.45, 7) is -0.0648. The fourth-order valence-electron chi connectivity index (χ4n) is 4.27. The van der Waals surface area contributed by atoms with E-state index in [1.54, 1.807) is 31.6 Å². The molecule has 186 valence electrons. The first-order valence-electron chi connectivity index (χ1n) is 11.6. The van der Waals surface area contributed by atoms with Crippen molar-refractivity contribution in [2.75, 3.05) is 33.9 Å². The van der Waals surface area contributed by atoms with E-state index in [0.717, 1.165) is 35.4 Å². The quantitative estimate of drug-likeness (QED) is 0.517. The Hall–Kier alpha value is -3.40. The van der Waals surface area contributed by atoms with Gasteiger partial charge in [-0.05, 0) is 42.0 Å². The second-order valence-corrected chi connectivity index (χ2v) is 9.33. The van der Waals surface area contributed by atoms with Crippen LogP contribution in [0.1, 0.15) is 48.6 Å². The van der Waals surface area contributed by atoms with Gasteiger partial charge in [0.05, 0.1) is 30.9 Å². The Morgan fingerprint density at radius 1 is 1.11 bits per heavy atom. The lowest BCUT2D eigenvalue weighted by atomic mass is 10.0. The van der Waals surface area contributed by atoms with Crippen LogP contribution in [-0.2, 0) is 19.1 Å². The van der Waals surface area contributed by atoms with Crippen LogP contribution >= 0.6 is 11.3 Å². The first kappa shape index (κ1) is 24.7. The molecule has 2 aliphatic heterocycles. The number of carbonyl (C=O) groups excluding carboxylic acids is 3. The Kier molecular flexibility index (Phi) is 8.02. The highest BCUT2D eigenvalue weighted by Crippen LogP contribution is 2.37. The van der Waals surface area contributed by atoms with Gasteiger partial charge < -0.3 is 19.1 Å². The number of thiophene rings is 1. The number of hydrogen-bond acceptors (Lipinski definition) is 8. The molecule has 2 aromatic rings. The van der Waals surface area contributed by atoms with Crippen LogP contribution < -0.4 is 9.47 Å². The van der Waals surface area contributed by atoms with Crippen molar-refractivity contribution in [1.29, 1.82) is 0 Å². The average Bonchev–Trinajstić information content (AvgIpc) is 3.52. The molecule has 1 aromatic carbocycles. The fraction of sp³-hybridized carbons (Fsp3) is 0.440. The third-order valence-corrected chi connectivity index (χ3v) is 7.03. The number of amides is 2. The van der Waals surface area contributed by atoms with E-state index in [1.165, 1.54) is 9.91 Å². The number of rotatable bonds is 8. The molecule has 10 heteroatoms. The van der Waals surface area contributed by atoms with Gasteiger partial charge in [0, 0.05) is 19.4 Å². The minimum Gasteiger partial charge on any atom is -0.493 e. The monoisotopic (exact) mass is 499 g/mol. The molecule has 35 heavy (non-hydrogen) atoms. The minimum atomic E-state index is -0.599. The summed E-state index contributed by atoms with van der Waals surface area (Å²) in [6, 6.07) is 9.00. The van der Waals surface area contributed by atoms with Gasteiger partial charge >= 0.3 is 5.97 Å². The third kappa shape index (κ3) is 5.82. The van der Waals surface area contributed by atoms with E-state index in [2.05, 4.69) is 5.10 Å².